The molecule has 6 aromatic rings. The van der Waals surface area contributed by atoms with Crippen molar-refractivity contribution in [1.29, 1.82) is 0 Å². The van der Waals surface area contributed by atoms with Crippen LogP contribution >= 0.6 is 23.5 Å². The van der Waals surface area contributed by atoms with Crippen LogP contribution in [0, 0.1) is 5.92 Å². The number of amides is 4. The first-order chi connectivity index (χ1) is 37.3. The second kappa shape index (κ2) is 21.9. The molecule has 4 amide bonds. The molecule has 4 saturated heterocycles. The van der Waals surface area contributed by atoms with Gasteiger partial charge in [-0.05, 0) is 103 Å². The van der Waals surface area contributed by atoms with Crippen molar-refractivity contribution >= 4 is 98.0 Å². The number of likely N-dealkylation sites (tertiary alicyclic amines) is 1. The van der Waals surface area contributed by atoms with E-state index in [1.165, 1.54) is 20.4 Å². The summed E-state index contributed by atoms with van der Waals surface area (Å²) in [4.78, 5) is 80.3. The molecule has 402 valence electrons. The summed E-state index contributed by atoms with van der Waals surface area (Å²) in [6, 6.07) is 12.6. The van der Waals surface area contributed by atoms with Gasteiger partial charge in [0.1, 0.15) is 28.4 Å². The van der Waals surface area contributed by atoms with Crippen LogP contribution < -0.4 is 35.8 Å². The molecule has 0 aliphatic carbocycles. The van der Waals surface area contributed by atoms with Crippen molar-refractivity contribution in [3.05, 3.63) is 89.0 Å². The zero-order valence-electron chi connectivity index (χ0n) is 43.3. The van der Waals surface area contributed by atoms with E-state index in [4.69, 9.17) is 18.8 Å². The average molecular weight is 1130 g/mol. The molecule has 24 heteroatoms. The number of anilines is 6. The number of imide groups is 2. The minimum absolute atomic E-state index is 0.0896. The number of fused-ring (bicyclic) bond motifs is 2. The number of carbonyl (C=O) groups is 4. The number of benzene rings is 3. The molecular weight excluding hydrogens is 1070 g/mol. The number of halogens is 1. The average Bonchev–Trinajstić information content (AvgIpc) is 4.00. The lowest BCUT2D eigenvalue weighted by molar-refractivity contribution is -0.136. The van der Waals surface area contributed by atoms with E-state index in [0.717, 1.165) is 112 Å². The van der Waals surface area contributed by atoms with Gasteiger partial charge in [0.05, 0.1) is 45.8 Å². The van der Waals surface area contributed by atoms with Gasteiger partial charge in [-0.15, -0.1) is 0 Å². The molecule has 3 aromatic heterocycles. The fourth-order valence-electron chi connectivity index (χ4n) is 11.5. The van der Waals surface area contributed by atoms with Crippen LogP contribution in [0.3, 0.4) is 0 Å². The SMILES string of the molecule is COc1cc(N2CCN(C3CCN(CC4CCN(c5ccc6c(c5)C(=O)N(C5CCC(=O)NC5=O)C6=O)CC4)CC3)CC2)c(-c2cnn(C)c2)cc1Nc1ncc(Br)c(Nc2ccc3nccnc3c2P(=O)(OC)OC)n1. The first-order valence-electron chi connectivity index (χ1n) is 25.9. The third-order valence-electron chi connectivity index (χ3n) is 15.6. The lowest BCUT2D eigenvalue weighted by Gasteiger charge is -2.44. The maximum absolute atomic E-state index is 13.9. The van der Waals surface area contributed by atoms with Gasteiger partial charge in [0.2, 0.25) is 17.8 Å². The predicted octanol–water partition coefficient (Wildman–Crippen LogP) is 6.09. The van der Waals surface area contributed by atoms with Gasteiger partial charge in [0.15, 0.2) is 0 Å². The Morgan fingerprint density at radius 3 is 2.23 bits per heavy atom. The molecule has 77 heavy (non-hydrogen) atoms. The highest BCUT2D eigenvalue weighted by molar-refractivity contribution is 9.10. The van der Waals surface area contributed by atoms with E-state index in [1.54, 1.807) is 48.5 Å². The van der Waals surface area contributed by atoms with Crippen molar-refractivity contribution in [2.75, 3.05) is 101 Å². The van der Waals surface area contributed by atoms with Crippen LogP contribution in [-0.4, -0.2) is 160 Å². The van der Waals surface area contributed by atoms with Crippen molar-refractivity contribution in [2.45, 2.75) is 50.6 Å². The minimum Gasteiger partial charge on any atom is -0.494 e. The van der Waals surface area contributed by atoms with Crippen molar-refractivity contribution in [3.8, 4) is 16.9 Å². The maximum atomic E-state index is 13.9. The van der Waals surface area contributed by atoms with Gasteiger partial charge in [-0.25, -0.2) is 4.98 Å². The molecule has 0 bridgehead atoms. The van der Waals surface area contributed by atoms with E-state index in [-0.39, 0.29) is 24.1 Å². The summed E-state index contributed by atoms with van der Waals surface area (Å²) in [6.45, 7) is 8.49. The number of hydrogen-bond donors (Lipinski definition) is 3. The normalized spacial score (nSPS) is 19.3. The lowest BCUT2D eigenvalue weighted by Crippen LogP contribution is -2.54. The number of aryl methyl sites for hydroxylation is 1. The van der Waals surface area contributed by atoms with Crippen LogP contribution in [0.5, 0.6) is 5.75 Å². The number of aromatic nitrogens is 6. The highest BCUT2D eigenvalue weighted by Gasteiger charge is 2.45. The number of piperazine rings is 1. The summed E-state index contributed by atoms with van der Waals surface area (Å²) in [7, 11) is 2.38. The lowest BCUT2D eigenvalue weighted by atomic mass is 9.93. The summed E-state index contributed by atoms with van der Waals surface area (Å²) >= 11 is 3.59. The second-order valence-corrected chi connectivity index (χ2v) is 23.0. The monoisotopic (exact) mass is 1130 g/mol. The predicted molar refractivity (Wildman–Crippen MR) is 294 cm³/mol. The van der Waals surface area contributed by atoms with Gasteiger partial charge in [0.25, 0.3) is 11.8 Å². The van der Waals surface area contributed by atoms with Gasteiger partial charge in [0, 0.05) is 133 Å². The molecule has 5 aliphatic rings. The molecule has 8 heterocycles. The zero-order valence-corrected chi connectivity index (χ0v) is 45.8. The molecule has 3 N–H and O–H groups in total. The van der Waals surface area contributed by atoms with Gasteiger partial charge >= 0.3 is 7.60 Å². The number of nitrogens with zero attached hydrogens (tertiary/aromatic N) is 11. The molecule has 0 radical (unpaired) electrons. The van der Waals surface area contributed by atoms with Gasteiger partial charge in [-0.3, -0.25) is 53.5 Å². The Hall–Kier alpha value is -6.88. The van der Waals surface area contributed by atoms with E-state index >= 15 is 0 Å². The second-order valence-electron chi connectivity index (χ2n) is 20.0. The minimum atomic E-state index is -3.83. The van der Waals surface area contributed by atoms with E-state index < -0.39 is 37.3 Å². The maximum Gasteiger partial charge on any atom is 0.365 e. The molecule has 1 unspecified atom stereocenters. The van der Waals surface area contributed by atoms with E-state index in [2.05, 4.69) is 83.7 Å². The van der Waals surface area contributed by atoms with E-state index in [9.17, 15) is 23.7 Å². The van der Waals surface area contributed by atoms with Crippen molar-refractivity contribution in [3.63, 3.8) is 0 Å². The standard InChI is InChI=1S/C53H60BrN14O8P/c1-63-31-33(28-58-63)37-26-42(60-53-57-29-39(54)49(62-53)59-41-8-7-40-47(56-16-15-55-40)48(41)77(73,75-3)76-4)45(74-2)27-44(37)67-23-21-66(22-24-67)34-13-17-64(18-14-34)30-32-11-19-65(20-12-32)35-5-6-36-38(25-35)52(72)68(51(36)71)43-9-10-46(69)61-50(43)70/h5-8,15-16,25-29,31-32,34,43H,9-14,17-24,30H2,1-4H3,(H,61,69,70)(H2,57,59,60,62). The molecule has 22 nitrogen and oxygen atoms in total. The van der Waals surface area contributed by atoms with Gasteiger partial charge in [-0.1, -0.05) is 0 Å². The Morgan fingerprint density at radius 2 is 1.52 bits per heavy atom. The number of hydrogen-bond acceptors (Lipinski definition) is 19. The third kappa shape index (κ3) is 10.4. The fourth-order valence-corrected chi connectivity index (χ4v) is 13.2. The largest absolute Gasteiger partial charge is 0.494 e. The van der Waals surface area contributed by atoms with Crippen molar-refractivity contribution in [1.82, 2.24) is 49.7 Å². The molecule has 1 atom stereocenters. The number of ether oxygens (including phenoxy) is 1. The summed E-state index contributed by atoms with van der Waals surface area (Å²) < 4.78 is 33.2. The zero-order chi connectivity index (χ0) is 53.5. The van der Waals surface area contributed by atoms with E-state index in [0.29, 0.717) is 61.5 Å². The first kappa shape index (κ1) is 52.2. The number of carbonyl (C=O) groups excluding carboxylic acids is 4. The Bertz CT molecular complexity index is 3310. The molecule has 0 saturated carbocycles. The molecule has 0 spiro atoms. The molecule has 4 fully saturated rings. The molecular formula is C53H60BrN14O8P. The molecule has 3 aromatic carbocycles. The summed E-state index contributed by atoms with van der Waals surface area (Å²) in [6.07, 6.45) is 13.1. The van der Waals surface area contributed by atoms with Gasteiger partial charge in [-0.2, -0.15) is 10.1 Å². The highest BCUT2D eigenvalue weighted by Crippen LogP contribution is 2.49. The molecule has 5 aliphatic heterocycles. The summed E-state index contributed by atoms with van der Waals surface area (Å²) in [5.41, 5.74) is 6.47. The van der Waals surface area contributed by atoms with Crippen LogP contribution in [0.1, 0.15) is 59.2 Å². The fraction of sp³-hybridized carbons (Fsp3) is 0.415. The first-order valence-corrected chi connectivity index (χ1v) is 28.2. The van der Waals surface area contributed by atoms with Crippen LogP contribution in [0.4, 0.5) is 34.5 Å². The Morgan fingerprint density at radius 1 is 0.766 bits per heavy atom. The van der Waals surface area contributed by atoms with Crippen LogP contribution in [0.2, 0.25) is 0 Å². The smallest absolute Gasteiger partial charge is 0.365 e. The summed E-state index contributed by atoms with van der Waals surface area (Å²) in [5.74, 6) is -0.110. The quantitative estimate of drug-likeness (QED) is 0.0779. The highest BCUT2D eigenvalue weighted by atomic mass is 79.9. The summed E-state index contributed by atoms with van der Waals surface area (Å²) in [5, 5.41) is 13.7. The van der Waals surface area contributed by atoms with Crippen molar-refractivity contribution in [2.24, 2.45) is 13.0 Å². The Balaban J connectivity index is 0.706. The van der Waals surface area contributed by atoms with Crippen LogP contribution in [-0.2, 0) is 30.2 Å². The number of rotatable bonds is 15. The van der Waals surface area contributed by atoms with Crippen molar-refractivity contribution < 1.29 is 37.5 Å². The Kier molecular flexibility index (Phi) is 14.8. The Labute approximate surface area is 453 Å². The van der Waals surface area contributed by atoms with Crippen LogP contribution in [0.25, 0.3) is 22.2 Å². The van der Waals surface area contributed by atoms with E-state index in [1.807, 2.05) is 25.5 Å². The number of methoxy groups -OCH3 is 1. The number of piperidine rings is 3. The van der Waals surface area contributed by atoms with Crippen LogP contribution in [0.15, 0.2) is 77.9 Å². The van der Waals surface area contributed by atoms with Gasteiger partial charge < -0.3 is 39.1 Å². The molecule has 11 rings (SSSR count). The topological polar surface area (TPSA) is 235 Å². The third-order valence-corrected chi connectivity index (χ3v) is 18.1. The number of nitrogens with one attached hydrogen (secondary N) is 3.